The summed E-state index contributed by atoms with van der Waals surface area (Å²) >= 11 is 0. The zero-order chi connectivity index (χ0) is 19.8. The fraction of sp³-hybridized carbons (Fsp3) is 0.571. The third-order valence-electron chi connectivity index (χ3n) is 5.17. The smallest absolute Gasteiger partial charge is 0.119 e. The van der Waals surface area contributed by atoms with Gasteiger partial charge in [-0.15, -0.1) is 0 Å². The van der Waals surface area contributed by atoms with Crippen molar-refractivity contribution in [1.29, 1.82) is 0 Å². The number of nitrogens with zero attached hydrogens (tertiary/aromatic N) is 4. The van der Waals surface area contributed by atoms with Crippen molar-refractivity contribution in [3.05, 3.63) is 47.8 Å². The van der Waals surface area contributed by atoms with Gasteiger partial charge < -0.3 is 14.7 Å². The van der Waals surface area contributed by atoms with Gasteiger partial charge in [0.1, 0.15) is 18.5 Å². The number of ether oxygens (including phenoxy) is 1. The summed E-state index contributed by atoms with van der Waals surface area (Å²) in [6.07, 6.45) is 1.30. The Hall–Kier alpha value is -1.93. The molecular formula is C21H33N5O2. The summed E-state index contributed by atoms with van der Waals surface area (Å²) in [5, 5.41) is 17.3. The van der Waals surface area contributed by atoms with Crippen LogP contribution in [0.15, 0.2) is 36.5 Å². The fourth-order valence-corrected chi connectivity index (χ4v) is 3.60. The normalized spacial score (nSPS) is 17.1. The molecule has 7 heteroatoms. The molecule has 0 amide bonds. The summed E-state index contributed by atoms with van der Waals surface area (Å²) in [7, 11) is 2.08. The van der Waals surface area contributed by atoms with Crippen LogP contribution in [-0.4, -0.2) is 89.0 Å². The predicted molar refractivity (Wildman–Crippen MR) is 110 cm³/mol. The molecule has 1 aromatic carbocycles. The number of aromatic nitrogens is 2. The Labute approximate surface area is 167 Å². The van der Waals surface area contributed by atoms with Crippen LogP contribution in [0.3, 0.4) is 0 Å². The molecule has 3 rings (SSSR count). The lowest BCUT2D eigenvalue weighted by Crippen LogP contribution is -2.49. The monoisotopic (exact) mass is 387 g/mol. The van der Waals surface area contributed by atoms with Gasteiger partial charge in [0.25, 0.3) is 0 Å². The van der Waals surface area contributed by atoms with Crippen LogP contribution in [0.1, 0.15) is 18.2 Å². The van der Waals surface area contributed by atoms with Crippen LogP contribution in [0.2, 0.25) is 0 Å². The van der Waals surface area contributed by atoms with Gasteiger partial charge >= 0.3 is 0 Å². The van der Waals surface area contributed by atoms with Crippen molar-refractivity contribution in [2.75, 3.05) is 52.9 Å². The van der Waals surface area contributed by atoms with Crippen LogP contribution < -0.4 is 4.74 Å². The first kappa shape index (κ1) is 20.8. The van der Waals surface area contributed by atoms with Crippen LogP contribution in [0.5, 0.6) is 5.75 Å². The molecular weight excluding hydrogens is 354 g/mol. The Morgan fingerprint density at radius 2 is 1.96 bits per heavy atom. The van der Waals surface area contributed by atoms with E-state index in [9.17, 15) is 5.11 Å². The maximum Gasteiger partial charge on any atom is 0.119 e. The van der Waals surface area contributed by atoms with Crippen molar-refractivity contribution in [1.82, 2.24) is 24.9 Å². The fourth-order valence-electron chi connectivity index (χ4n) is 3.60. The Morgan fingerprint density at radius 3 is 2.68 bits per heavy atom. The number of likely N-dealkylation sites (N-methyl/N-ethyl adjacent to an activating group) is 1. The Bertz CT molecular complexity index is 686. The number of aliphatic hydroxyl groups excluding tert-OH is 1. The molecule has 1 unspecified atom stereocenters. The SMILES string of the molecule is CCN1CCN(CC(O)COc2cccc(CN(C)Cc3ccn[nH]3)c2)CC1. The summed E-state index contributed by atoms with van der Waals surface area (Å²) in [5.74, 6) is 0.808. The van der Waals surface area contributed by atoms with E-state index in [1.807, 2.05) is 18.2 Å². The van der Waals surface area contributed by atoms with Crippen LogP contribution >= 0.6 is 0 Å². The molecule has 0 radical (unpaired) electrons. The average molecular weight is 388 g/mol. The van der Waals surface area contributed by atoms with Crippen LogP contribution in [0.25, 0.3) is 0 Å². The van der Waals surface area contributed by atoms with Gasteiger partial charge in [-0.25, -0.2) is 0 Å². The molecule has 1 aliphatic rings. The third-order valence-corrected chi connectivity index (χ3v) is 5.17. The van der Waals surface area contributed by atoms with Gasteiger partial charge in [-0.1, -0.05) is 19.1 Å². The molecule has 154 valence electrons. The van der Waals surface area contributed by atoms with Crippen molar-refractivity contribution in [2.45, 2.75) is 26.1 Å². The highest BCUT2D eigenvalue weighted by Gasteiger charge is 2.18. The maximum absolute atomic E-state index is 10.3. The van der Waals surface area contributed by atoms with Gasteiger partial charge in [0, 0.05) is 57.7 Å². The summed E-state index contributed by atoms with van der Waals surface area (Å²) in [6.45, 7) is 10.1. The molecule has 0 spiro atoms. The number of rotatable bonds is 10. The second-order valence-corrected chi connectivity index (χ2v) is 7.60. The molecule has 2 heterocycles. The highest BCUT2D eigenvalue weighted by atomic mass is 16.5. The van der Waals surface area contributed by atoms with E-state index in [4.69, 9.17) is 4.74 Å². The van der Waals surface area contributed by atoms with Crippen molar-refractivity contribution >= 4 is 0 Å². The van der Waals surface area contributed by atoms with Crippen LogP contribution in [0, 0.1) is 0 Å². The Kier molecular flexibility index (Phi) is 7.85. The van der Waals surface area contributed by atoms with Gasteiger partial charge in [-0.05, 0) is 37.4 Å². The summed E-state index contributed by atoms with van der Waals surface area (Å²) < 4.78 is 5.86. The van der Waals surface area contributed by atoms with Gasteiger partial charge in [0.2, 0.25) is 0 Å². The second-order valence-electron chi connectivity index (χ2n) is 7.60. The van der Waals surface area contributed by atoms with Gasteiger partial charge in [0.15, 0.2) is 0 Å². The molecule has 1 aromatic heterocycles. The Morgan fingerprint density at radius 1 is 1.18 bits per heavy atom. The first-order chi connectivity index (χ1) is 13.6. The first-order valence-electron chi connectivity index (χ1n) is 10.1. The number of piperazine rings is 1. The zero-order valence-electron chi connectivity index (χ0n) is 17.0. The van der Waals surface area contributed by atoms with E-state index in [1.54, 1.807) is 6.20 Å². The predicted octanol–water partition coefficient (Wildman–Crippen LogP) is 1.42. The molecule has 28 heavy (non-hydrogen) atoms. The van der Waals surface area contributed by atoms with E-state index in [0.717, 1.165) is 57.3 Å². The van der Waals surface area contributed by atoms with Crippen molar-refractivity contribution < 1.29 is 9.84 Å². The first-order valence-corrected chi connectivity index (χ1v) is 10.1. The average Bonchev–Trinajstić information content (AvgIpc) is 3.20. The second kappa shape index (κ2) is 10.6. The number of nitrogens with one attached hydrogen (secondary N) is 1. The summed E-state index contributed by atoms with van der Waals surface area (Å²) in [5.41, 5.74) is 2.28. The number of benzene rings is 1. The quantitative estimate of drug-likeness (QED) is 0.643. The number of β-amino-alcohol motifs (C(OH)–C–C–N with tert-alkyl or cyclic N) is 1. The van der Waals surface area contributed by atoms with Crippen LogP contribution in [0.4, 0.5) is 0 Å². The number of hydrogen-bond acceptors (Lipinski definition) is 6. The largest absolute Gasteiger partial charge is 0.491 e. The highest BCUT2D eigenvalue weighted by molar-refractivity contribution is 5.28. The third kappa shape index (κ3) is 6.60. The highest BCUT2D eigenvalue weighted by Crippen LogP contribution is 2.16. The minimum atomic E-state index is -0.472. The molecule has 1 aliphatic heterocycles. The molecule has 7 nitrogen and oxygen atoms in total. The number of H-pyrrole nitrogens is 1. The summed E-state index contributed by atoms with van der Waals surface area (Å²) in [6, 6.07) is 10.1. The standard InChI is InChI=1S/C21H33N5O2/c1-3-25-9-11-26(12-10-25)16-20(27)17-28-21-6-4-5-18(13-21)14-24(2)15-19-7-8-22-23-19/h4-8,13,20,27H,3,9-12,14-17H2,1-2H3,(H,22,23). The molecule has 1 atom stereocenters. The molecule has 0 bridgehead atoms. The van der Waals surface area contributed by atoms with Gasteiger partial charge in [-0.3, -0.25) is 14.9 Å². The van der Waals surface area contributed by atoms with Crippen molar-refractivity contribution in [3.63, 3.8) is 0 Å². The van der Waals surface area contributed by atoms with E-state index < -0.39 is 6.10 Å². The number of hydrogen-bond donors (Lipinski definition) is 2. The molecule has 0 aliphatic carbocycles. The molecule has 1 saturated heterocycles. The molecule has 0 saturated carbocycles. The number of aliphatic hydroxyl groups is 1. The van der Waals surface area contributed by atoms with Crippen molar-refractivity contribution in [3.8, 4) is 5.75 Å². The molecule has 2 N–H and O–H groups in total. The van der Waals surface area contributed by atoms with Gasteiger partial charge in [-0.2, -0.15) is 5.10 Å². The number of aromatic amines is 1. The molecule has 1 fully saturated rings. The van der Waals surface area contributed by atoms with Gasteiger partial charge in [0.05, 0.1) is 0 Å². The lowest BCUT2D eigenvalue weighted by atomic mass is 10.2. The van der Waals surface area contributed by atoms with E-state index in [0.29, 0.717) is 13.2 Å². The maximum atomic E-state index is 10.3. The zero-order valence-corrected chi connectivity index (χ0v) is 17.0. The minimum absolute atomic E-state index is 0.321. The molecule has 2 aromatic rings. The van der Waals surface area contributed by atoms with E-state index in [2.05, 4.69) is 51.0 Å². The van der Waals surface area contributed by atoms with E-state index >= 15 is 0 Å². The van der Waals surface area contributed by atoms with Crippen molar-refractivity contribution in [2.24, 2.45) is 0 Å². The van der Waals surface area contributed by atoms with Crippen LogP contribution in [-0.2, 0) is 13.1 Å². The summed E-state index contributed by atoms with van der Waals surface area (Å²) in [4.78, 5) is 6.98. The Balaban J connectivity index is 1.41. The van der Waals surface area contributed by atoms with E-state index in [1.165, 1.54) is 5.56 Å². The lowest BCUT2D eigenvalue weighted by molar-refractivity contribution is 0.0470. The topological polar surface area (TPSA) is 67.9 Å². The minimum Gasteiger partial charge on any atom is -0.491 e. The lowest BCUT2D eigenvalue weighted by Gasteiger charge is -2.34. The van der Waals surface area contributed by atoms with E-state index in [-0.39, 0.29) is 0 Å².